The average Bonchev–Trinajstić information content (AvgIpc) is 3.25. The summed E-state index contributed by atoms with van der Waals surface area (Å²) in [6, 6.07) is 8.54. The van der Waals surface area contributed by atoms with Crippen molar-refractivity contribution in [3.8, 4) is 11.3 Å². The summed E-state index contributed by atoms with van der Waals surface area (Å²) >= 11 is 0. The van der Waals surface area contributed by atoms with Crippen molar-refractivity contribution in [1.82, 2.24) is 19.4 Å². The van der Waals surface area contributed by atoms with Crippen LogP contribution in [-0.2, 0) is 22.6 Å². The van der Waals surface area contributed by atoms with Crippen molar-refractivity contribution in [2.75, 3.05) is 19.8 Å². The summed E-state index contributed by atoms with van der Waals surface area (Å²) in [6.07, 6.45) is 5.50. The number of rotatable bonds is 4. The molecule has 0 spiro atoms. The van der Waals surface area contributed by atoms with Gasteiger partial charge in [-0.1, -0.05) is 25.1 Å². The normalized spacial score (nSPS) is 24.9. The van der Waals surface area contributed by atoms with Gasteiger partial charge in [-0.3, -0.25) is 9.78 Å². The van der Waals surface area contributed by atoms with Crippen LogP contribution in [0.2, 0.25) is 0 Å². The first kappa shape index (κ1) is 22.7. The van der Waals surface area contributed by atoms with E-state index in [0.29, 0.717) is 44.8 Å². The molecule has 1 saturated carbocycles. The fourth-order valence-electron chi connectivity index (χ4n) is 6.12. The van der Waals surface area contributed by atoms with Crippen LogP contribution in [0.1, 0.15) is 75.0 Å². The largest absolute Gasteiger partial charge is 0.381 e. The van der Waals surface area contributed by atoms with Gasteiger partial charge >= 0.3 is 0 Å². The molecule has 0 N–H and O–H groups in total. The summed E-state index contributed by atoms with van der Waals surface area (Å²) < 4.78 is 22.2. The third-order valence-corrected chi connectivity index (χ3v) is 8.08. The summed E-state index contributed by atoms with van der Waals surface area (Å²) in [7, 11) is 0. The molecule has 2 aromatic heterocycles. The van der Waals surface area contributed by atoms with Crippen molar-refractivity contribution in [3.05, 3.63) is 47.7 Å². The van der Waals surface area contributed by atoms with Gasteiger partial charge in [0.2, 0.25) is 5.91 Å². The van der Waals surface area contributed by atoms with Crippen LogP contribution in [0.25, 0.3) is 22.0 Å². The lowest BCUT2D eigenvalue weighted by atomic mass is 9.73. The van der Waals surface area contributed by atoms with E-state index >= 15 is 0 Å². The first-order valence-electron chi connectivity index (χ1n) is 13.0. The fraction of sp³-hybridized carbons (Fsp3) is 0.536. The van der Waals surface area contributed by atoms with E-state index in [1.54, 1.807) is 6.92 Å². The Hall–Kier alpha value is -2.80. The molecule has 3 aromatic rings. The van der Waals surface area contributed by atoms with Gasteiger partial charge in [0.25, 0.3) is 0 Å². The van der Waals surface area contributed by atoms with E-state index in [4.69, 9.17) is 14.7 Å². The molecule has 3 aliphatic rings. The number of nitrogens with zero attached hydrogens (tertiary/aromatic N) is 4. The highest BCUT2D eigenvalue weighted by atomic mass is 19.1. The molecule has 4 heterocycles. The summed E-state index contributed by atoms with van der Waals surface area (Å²) in [5.41, 5.74) is 3.02. The van der Waals surface area contributed by atoms with Crippen LogP contribution in [-0.4, -0.2) is 50.8 Å². The van der Waals surface area contributed by atoms with Gasteiger partial charge in [0, 0.05) is 67.4 Å². The summed E-state index contributed by atoms with van der Waals surface area (Å²) in [4.78, 5) is 24.5. The number of carbonyl (C=O) groups is 1. The number of pyridine rings is 1. The molecule has 0 atom stereocenters. The second-order valence-corrected chi connectivity index (χ2v) is 10.6. The number of halogens is 1. The van der Waals surface area contributed by atoms with Gasteiger partial charge < -0.3 is 14.2 Å². The van der Waals surface area contributed by atoms with Gasteiger partial charge in [0.05, 0.1) is 17.9 Å². The van der Waals surface area contributed by atoms with Crippen molar-refractivity contribution in [1.29, 1.82) is 0 Å². The van der Waals surface area contributed by atoms with E-state index < -0.39 is 5.67 Å². The lowest BCUT2D eigenvalue weighted by Crippen LogP contribution is -2.40. The molecule has 1 aliphatic carbocycles. The molecule has 0 unspecified atom stereocenters. The third kappa shape index (κ3) is 4.03. The molecule has 2 fully saturated rings. The zero-order valence-electron chi connectivity index (χ0n) is 20.6. The van der Waals surface area contributed by atoms with Crippen molar-refractivity contribution in [2.45, 2.75) is 76.5 Å². The van der Waals surface area contributed by atoms with Crippen LogP contribution in [0.5, 0.6) is 0 Å². The number of imidazole rings is 1. The maximum absolute atomic E-state index is 14.4. The topological polar surface area (TPSA) is 60.2 Å². The monoisotopic (exact) mass is 476 g/mol. The minimum Gasteiger partial charge on any atom is -0.381 e. The number of amides is 1. The Kier molecular flexibility index (Phi) is 5.63. The van der Waals surface area contributed by atoms with E-state index in [9.17, 15) is 9.18 Å². The lowest BCUT2D eigenvalue weighted by Gasteiger charge is -2.39. The van der Waals surface area contributed by atoms with E-state index in [1.165, 1.54) is 0 Å². The van der Waals surface area contributed by atoms with Crippen molar-refractivity contribution >= 4 is 16.7 Å². The van der Waals surface area contributed by atoms with Crippen molar-refractivity contribution in [3.63, 3.8) is 0 Å². The van der Waals surface area contributed by atoms with Crippen molar-refractivity contribution < 1.29 is 13.9 Å². The van der Waals surface area contributed by atoms with Gasteiger partial charge in [-0.25, -0.2) is 9.37 Å². The lowest BCUT2D eigenvalue weighted by molar-refractivity contribution is -0.132. The molecular weight excluding hydrogens is 443 g/mol. The van der Waals surface area contributed by atoms with Crippen molar-refractivity contribution in [2.24, 2.45) is 0 Å². The number of ether oxygens (including phenoxy) is 1. The summed E-state index contributed by atoms with van der Waals surface area (Å²) in [6.45, 7) is 7.09. The van der Waals surface area contributed by atoms with Crippen LogP contribution >= 0.6 is 0 Å². The van der Waals surface area contributed by atoms with Crippen LogP contribution in [0.4, 0.5) is 4.39 Å². The maximum Gasteiger partial charge on any atom is 0.222 e. The minimum atomic E-state index is -1.11. The first-order valence-corrected chi connectivity index (χ1v) is 13.0. The summed E-state index contributed by atoms with van der Waals surface area (Å²) in [5.74, 6) is 1.69. The van der Waals surface area contributed by atoms with E-state index in [2.05, 4.69) is 28.8 Å². The van der Waals surface area contributed by atoms with E-state index in [1.807, 2.05) is 18.0 Å². The zero-order chi connectivity index (χ0) is 24.2. The molecule has 1 amide bonds. The number of benzene rings is 1. The SMILES string of the molecule is CCC(=O)N1CCn2c(C3CC(C)(F)C3)nc(-c3cccc4cc(C5CCOCC5)ncc34)c2C1. The molecule has 2 aliphatic heterocycles. The van der Waals surface area contributed by atoms with Crippen LogP contribution in [0.3, 0.4) is 0 Å². The van der Waals surface area contributed by atoms with Crippen LogP contribution in [0.15, 0.2) is 30.5 Å². The Morgan fingerprint density at radius 3 is 2.74 bits per heavy atom. The standard InChI is InChI=1S/C28H33FN4O2/c1-3-25(34)32-9-10-33-24(17-32)26(31-27(33)20-14-28(2,29)15-20)21-6-4-5-19-13-23(30-16-22(19)21)18-7-11-35-12-8-18/h4-6,13,16,18,20H,3,7-12,14-15,17H2,1-2H3. The number of fused-ring (bicyclic) bond motifs is 2. The molecule has 6 nitrogen and oxygen atoms in total. The Bertz CT molecular complexity index is 1270. The molecule has 7 heteroatoms. The number of hydrogen-bond donors (Lipinski definition) is 0. The second-order valence-electron chi connectivity index (χ2n) is 10.6. The highest BCUT2D eigenvalue weighted by molar-refractivity contribution is 5.96. The maximum atomic E-state index is 14.4. The fourth-order valence-corrected chi connectivity index (χ4v) is 6.12. The predicted octanol–water partition coefficient (Wildman–Crippen LogP) is 5.35. The van der Waals surface area contributed by atoms with Crippen LogP contribution in [0, 0.1) is 0 Å². The molecule has 184 valence electrons. The number of alkyl halides is 1. The highest BCUT2D eigenvalue weighted by Gasteiger charge is 2.44. The Morgan fingerprint density at radius 1 is 1.20 bits per heavy atom. The molecule has 35 heavy (non-hydrogen) atoms. The third-order valence-electron chi connectivity index (χ3n) is 8.08. The number of aromatic nitrogens is 3. The Morgan fingerprint density at radius 2 is 2.00 bits per heavy atom. The zero-order valence-corrected chi connectivity index (χ0v) is 20.6. The predicted molar refractivity (Wildman–Crippen MR) is 133 cm³/mol. The van der Waals surface area contributed by atoms with Gasteiger partial charge in [0.1, 0.15) is 11.5 Å². The molecule has 0 bridgehead atoms. The Labute approximate surface area is 205 Å². The van der Waals surface area contributed by atoms with Gasteiger partial charge in [-0.15, -0.1) is 0 Å². The van der Waals surface area contributed by atoms with Gasteiger partial charge in [-0.2, -0.15) is 0 Å². The smallest absolute Gasteiger partial charge is 0.222 e. The van der Waals surface area contributed by atoms with Gasteiger partial charge in [-0.05, 0) is 44.1 Å². The van der Waals surface area contributed by atoms with Gasteiger partial charge in [0.15, 0.2) is 0 Å². The quantitative estimate of drug-likeness (QED) is 0.509. The van der Waals surface area contributed by atoms with Crippen LogP contribution < -0.4 is 0 Å². The highest BCUT2D eigenvalue weighted by Crippen LogP contribution is 2.48. The number of carbonyl (C=O) groups excluding carboxylic acids is 1. The second kappa shape index (κ2) is 8.70. The minimum absolute atomic E-state index is 0.124. The first-order chi connectivity index (χ1) is 16.9. The molecule has 1 aromatic carbocycles. The number of hydrogen-bond acceptors (Lipinski definition) is 4. The van der Waals surface area contributed by atoms with E-state index in [-0.39, 0.29) is 11.8 Å². The Balaban J connectivity index is 1.43. The average molecular weight is 477 g/mol. The van der Waals surface area contributed by atoms with E-state index in [0.717, 1.165) is 65.3 Å². The molecule has 1 saturated heterocycles. The molecular formula is C28H33FN4O2. The molecule has 6 rings (SSSR count). The summed E-state index contributed by atoms with van der Waals surface area (Å²) in [5, 5.41) is 2.22. The molecule has 0 radical (unpaired) electrons.